The lowest BCUT2D eigenvalue weighted by molar-refractivity contribution is 0.566. The first-order chi connectivity index (χ1) is 9.87. The number of rotatable bonds is 5. The molecule has 0 radical (unpaired) electrons. The number of sulfonamides is 1. The highest BCUT2D eigenvalue weighted by Crippen LogP contribution is 2.26. The molecule has 0 saturated carbocycles. The van der Waals surface area contributed by atoms with Crippen molar-refractivity contribution in [3.63, 3.8) is 0 Å². The van der Waals surface area contributed by atoms with E-state index in [-0.39, 0.29) is 5.75 Å². The largest absolute Gasteiger partial charge is 0.216 e. The van der Waals surface area contributed by atoms with E-state index >= 15 is 0 Å². The van der Waals surface area contributed by atoms with E-state index in [1.54, 1.807) is 37.3 Å². The van der Waals surface area contributed by atoms with E-state index < -0.39 is 16.1 Å². The molecule has 21 heavy (non-hydrogen) atoms. The van der Waals surface area contributed by atoms with Gasteiger partial charge in [-0.3, -0.25) is 0 Å². The van der Waals surface area contributed by atoms with E-state index in [1.807, 2.05) is 18.2 Å². The van der Waals surface area contributed by atoms with Gasteiger partial charge in [0, 0.05) is 16.1 Å². The summed E-state index contributed by atoms with van der Waals surface area (Å²) in [7, 11) is -3.45. The van der Waals surface area contributed by atoms with E-state index in [0.717, 1.165) is 5.56 Å². The average molecular weight is 344 g/mol. The molecule has 0 spiro atoms. The first-order valence-electron chi connectivity index (χ1n) is 6.36. The normalized spacial score (nSPS) is 13.1. The van der Waals surface area contributed by atoms with Gasteiger partial charge in [-0.15, -0.1) is 0 Å². The van der Waals surface area contributed by atoms with Crippen LogP contribution in [0.1, 0.15) is 24.1 Å². The second kappa shape index (κ2) is 6.79. The summed E-state index contributed by atoms with van der Waals surface area (Å²) in [5, 5.41) is 0.959. The molecule has 0 aliphatic rings. The van der Waals surface area contributed by atoms with Crippen molar-refractivity contribution in [2.24, 2.45) is 0 Å². The van der Waals surface area contributed by atoms with Crippen molar-refractivity contribution >= 4 is 33.2 Å². The molecular weight excluding hydrogens is 329 g/mol. The van der Waals surface area contributed by atoms with Crippen LogP contribution in [0, 0.1) is 0 Å². The average Bonchev–Trinajstić information content (AvgIpc) is 2.38. The van der Waals surface area contributed by atoms with Crippen molar-refractivity contribution in [2.45, 2.75) is 18.7 Å². The van der Waals surface area contributed by atoms with Crippen LogP contribution >= 0.6 is 23.2 Å². The number of nitrogens with one attached hydrogen (secondary N) is 1. The Bertz CT molecular complexity index is 718. The van der Waals surface area contributed by atoms with Crippen LogP contribution in [-0.2, 0) is 15.8 Å². The molecule has 3 nitrogen and oxygen atoms in total. The fourth-order valence-corrected chi connectivity index (χ4v) is 3.97. The molecule has 2 rings (SSSR count). The first kappa shape index (κ1) is 16.3. The van der Waals surface area contributed by atoms with Crippen molar-refractivity contribution in [3.05, 3.63) is 69.7 Å². The summed E-state index contributed by atoms with van der Waals surface area (Å²) in [5.41, 5.74) is 1.43. The molecule has 0 aromatic heterocycles. The lowest BCUT2D eigenvalue weighted by atomic mass is 10.1. The summed E-state index contributed by atoms with van der Waals surface area (Å²) in [6.45, 7) is 1.75. The first-order valence-corrected chi connectivity index (χ1v) is 8.77. The van der Waals surface area contributed by atoms with Crippen molar-refractivity contribution in [1.29, 1.82) is 0 Å². The Balaban J connectivity index is 2.12. The zero-order chi connectivity index (χ0) is 15.5. The second-order valence-electron chi connectivity index (χ2n) is 4.75. The van der Waals surface area contributed by atoms with Crippen LogP contribution in [0.3, 0.4) is 0 Å². The van der Waals surface area contributed by atoms with Crippen LogP contribution in [0.4, 0.5) is 0 Å². The van der Waals surface area contributed by atoms with Crippen molar-refractivity contribution in [2.75, 3.05) is 0 Å². The molecule has 6 heteroatoms. The highest BCUT2D eigenvalue weighted by molar-refractivity contribution is 7.88. The fourth-order valence-electron chi connectivity index (χ4n) is 2.02. The Kier molecular flexibility index (Phi) is 5.27. The third-order valence-electron chi connectivity index (χ3n) is 2.98. The predicted octanol–water partition coefficient (Wildman–Crippen LogP) is 4.17. The maximum absolute atomic E-state index is 12.2. The standard InChI is InChI=1S/C15H15Cl2NO2S/c1-11(14-8-7-13(16)9-15(14)17)18-21(19,20)10-12-5-3-2-4-6-12/h2-9,11,18H,10H2,1H3/t11-/m0/s1. The summed E-state index contributed by atoms with van der Waals surface area (Å²) in [6, 6.07) is 13.6. The Morgan fingerprint density at radius 2 is 1.76 bits per heavy atom. The van der Waals surface area contributed by atoms with Crippen LogP contribution in [0.15, 0.2) is 48.5 Å². The number of halogens is 2. The van der Waals surface area contributed by atoms with Gasteiger partial charge in [0.15, 0.2) is 0 Å². The maximum atomic E-state index is 12.2. The van der Waals surface area contributed by atoms with Gasteiger partial charge in [-0.2, -0.15) is 0 Å². The molecule has 0 aliphatic heterocycles. The van der Waals surface area contributed by atoms with Crippen LogP contribution in [-0.4, -0.2) is 8.42 Å². The monoisotopic (exact) mass is 343 g/mol. The summed E-state index contributed by atoms with van der Waals surface area (Å²) >= 11 is 11.9. The molecule has 1 atom stereocenters. The van der Waals surface area contributed by atoms with Gasteiger partial charge in [-0.05, 0) is 30.2 Å². The van der Waals surface area contributed by atoms with Crippen LogP contribution < -0.4 is 4.72 Å². The van der Waals surface area contributed by atoms with Crippen molar-refractivity contribution < 1.29 is 8.42 Å². The SMILES string of the molecule is C[C@H](NS(=O)(=O)Cc1ccccc1)c1ccc(Cl)cc1Cl. The zero-order valence-corrected chi connectivity index (χ0v) is 13.7. The number of hydrogen-bond donors (Lipinski definition) is 1. The van der Waals surface area contributed by atoms with Gasteiger partial charge in [0.05, 0.1) is 5.75 Å². The molecular formula is C15H15Cl2NO2S. The quantitative estimate of drug-likeness (QED) is 0.885. The van der Waals surface area contributed by atoms with E-state index in [9.17, 15) is 8.42 Å². The maximum Gasteiger partial charge on any atom is 0.216 e. The third kappa shape index (κ3) is 4.71. The van der Waals surface area contributed by atoms with Gasteiger partial charge < -0.3 is 0 Å². The van der Waals surface area contributed by atoms with Gasteiger partial charge >= 0.3 is 0 Å². The van der Waals surface area contributed by atoms with E-state index in [1.165, 1.54) is 0 Å². The Morgan fingerprint density at radius 3 is 2.38 bits per heavy atom. The molecule has 1 N–H and O–H groups in total. The summed E-state index contributed by atoms with van der Waals surface area (Å²) in [5.74, 6) is -0.0661. The molecule has 0 aliphatic carbocycles. The fraction of sp³-hybridized carbons (Fsp3) is 0.200. The lowest BCUT2D eigenvalue weighted by Crippen LogP contribution is -2.28. The van der Waals surface area contributed by atoms with E-state index in [2.05, 4.69) is 4.72 Å². The number of hydrogen-bond acceptors (Lipinski definition) is 2. The van der Waals surface area contributed by atoms with Gasteiger partial charge in [0.25, 0.3) is 0 Å². The molecule has 112 valence electrons. The summed E-state index contributed by atoms with van der Waals surface area (Å²) in [4.78, 5) is 0. The minimum atomic E-state index is -3.45. The van der Waals surface area contributed by atoms with E-state index in [4.69, 9.17) is 23.2 Å². The third-order valence-corrected chi connectivity index (χ3v) is 4.97. The Morgan fingerprint density at radius 1 is 1.10 bits per heavy atom. The molecule has 2 aromatic rings. The Hall–Kier alpha value is -1.07. The minimum absolute atomic E-state index is 0.0661. The molecule has 0 fully saturated rings. The van der Waals surface area contributed by atoms with Crippen LogP contribution in [0.2, 0.25) is 10.0 Å². The van der Waals surface area contributed by atoms with Gasteiger partial charge in [0.2, 0.25) is 10.0 Å². The molecule has 0 saturated heterocycles. The van der Waals surface area contributed by atoms with Crippen LogP contribution in [0.25, 0.3) is 0 Å². The van der Waals surface area contributed by atoms with Gasteiger partial charge in [-0.1, -0.05) is 59.6 Å². The van der Waals surface area contributed by atoms with Crippen LogP contribution in [0.5, 0.6) is 0 Å². The van der Waals surface area contributed by atoms with Crippen molar-refractivity contribution in [3.8, 4) is 0 Å². The smallest absolute Gasteiger partial charge is 0.212 e. The molecule has 0 bridgehead atoms. The topological polar surface area (TPSA) is 46.2 Å². The highest BCUT2D eigenvalue weighted by Gasteiger charge is 2.18. The molecule has 2 aromatic carbocycles. The molecule has 0 amide bonds. The molecule has 0 heterocycles. The highest BCUT2D eigenvalue weighted by atomic mass is 35.5. The van der Waals surface area contributed by atoms with Gasteiger partial charge in [-0.25, -0.2) is 13.1 Å². The lowest BCUT2D eigenvalue weighted by Gasteiger charge is -2.16. The number of benzene rings is 2. The second-order valence-corrected chi connectivity index (χ2v) is 7.35. The Labute approximate surface area is 135 Å². The summed E-state index contributed by atoms with van der Waals surface area (Å²) < 4.78 is 27.0. The minimum Gasteiger partial charge on any atom is -0.212 e. The molecule has 0 unspecified atom stereocenters. The summed E-state index contributed by atoms with van der Waals surface area (Å²) in [6.07, 6.45) is 0. The van der Waals surface area contributed by atoms with Crippen molar-refractivity contribution in [1.82, 2.24) is 4.72 Å². The predicted molar refractivity (Wildman–Crippen MR) is 87.1 cm³/mol. The zero-order valence-electron chi connectivity index (χ0n) is 11.4. The van der Waals surface area contributed by atoms with E-state index in [0.29, 0.717) is 15.6 Å². The van der Waals surface area contributed by atoms with Gasteiger partial charge in [0.1, 0.15) is 0 Å².